The van der Waals surface area contributed by atoms with Gasteiger partial charge < -0.3 is 10.2 Å². The number of benzene rings is 1. The summed E-state index contributed by atoms with van der Waals surface area (Å²) < 4.78 is 1.94. The van der Waals surface area contributed by atoms with Crippen molar-refractivity contribution in [2.24, 2.45) is 0 Å². The van der Waals surface area contributed by atoms with E-state index < -0.39 is 0 Å². The third-order valence-electron chi connectivity index (χ3n) is 3.64. The van der Waals surface area contributed by atoms with Gasteiger partial charge in [0.05, 0.1) is 5.56 Å². The maximum Gasteiger partial charge on any atom is 0.252 e. The van der Waals surface area contributed by atoms with E-state index in [1.54, 1.807) is 0 Å². The molecule has 0 aromatic heterocycles. The number of likely N-dealkylation sites (tertiary alicyclic amines) is 1. The first kappa shape index (κ1) is 16.2. The Morgan fingerprint density at radius 3 is 2.80 bits per heavy atom. The van der Waals surface area contributed by atoms with Crippen molar-refractivity contribution >= 4 is 44.4 Å². The van der Waals surface area contributed by atoms with Gasteiger partial charge in [-0.25, -0.2) is 0 Å². The van der Waals surface area contributed by atoms with E-state index in [0.29, 0.717) is 6.04 Å². The zero-order chi connectivity index (χ0) is 14.5. The number of carbonyl (C=O) groups excluding carboxylic acids is 1. The number of hydrogen-bond acceptors (Lipinski definition) is 2. The number of amides is 1. The molecule has 0 bridgehead atoms. The number of nitrogens with one attached hydrogen (secondary N) is 1. The van der Waals surface area contributed by atoms with Crippen molar-refractivity contribution in [3.63, 3.8) is 0 Å². The minimum atomic E-state index is 0.0318. The first-order valence-corrected chi connectivity index (χ1v) is 8.95. The second-order valence-corrected chi connectivity index (χ2v) is 7.31. The molecule has 2 rings (SSSR count). The zero-order valence-corrected chi connectivity index (χ0v) is 15.4. The van der Waals surface area contributed by atoms with E-state index in [4.69, 9.17) is 0 Å². The van der Waals surface area contributed by atoms with Gasteiger partial charge >= 0.3 is 0 Å². The highest BCUT2D eigenvalue weighted by Crippen LogP contribution is 2.20. The highest BCUT2D eigenvalue weighted by Gasteiger charge is 2.21. The SMILES string of the molecule is CCCN1CCC(NC(=O)c2cc(I)ccc2Br)CC1. The standard InChI is InChI=1S/C15H20BrIN2O/c1-2-7-19-8-5-12(6-9-19)18-15(20)13-10-11(17)3-4-14(13)16/h3-4,10,12H,2,5-9H2,1H3,(H,18,20). The fourth-order valence-electron chi connectivity index (χ4n) is 2.55. The van der Waals surface area contributed by atoms with Gasteiger partial charge in [0.2, 0.25) is 0 Å². The number of halogens is 2. The molecule has 3 nitrogen and oxygen atoms in total. The predicted octanol–water partition coefficient (Wildman–Crippen LogP) is 3.66. The van der Waals surface area contributed by atoms with E-state index in [1.807, 2.05) is 18.2 Å². The van der Waals surface area contributed by atoms with Gasteiger partial charge in [-0.2, -0.15) is 0 Å². The molecule has 0 aliphatic carbocycles. The summed E-state index contributed by atoms with van der Waals surface area (Å²) in [5.41, 5.74) is 0.730. The van der Waals surface area contributed by atoms with Crippen LogP contribution < -0.4 is 5.32 Å². The number of nitrogens with zero attached hydrogens (tertiary/aromatic N) is 1. The summed E-state index contributed by atoms with van der Waals surface area (Å²) in [5.74, 6) is 0.0318. The van der Waals surface area contributed by atoms with Gasteiger partial charge in [0, 0.05) is 27.2 Å². The molecule has 1 aliphatic rings. The van der Waals surface area contributed by atoms with Crippen molar-refractivity contribution in [3.05, 3.63) is 31.8 Å². The Labute approximate surface area is 142 Å². The lowest BCUT2D eigenvalue weighted by Crippen LogP contribution is -2.44. The average Bonchev–Trinajstić information content (AvgIpc) is 2.44. The molecule has 0 unspecified atom stereocenters. The second kappa shape index (κ2) is 7.75. The van der Waals surface area contributed by atoms with Crippen molar-refractivity contribution in [1.82, 2.24) is 10.2 Å². The molecule has 5 heteroatoms. The Bertz CT molecular complexity index is 473. The van der Waals surface area contributed by atoms with Gasteiger partial charge in [0.1, 0.15) is 0 Å². The number of carbonyl (C=O) groups is 1. The van der Waals surface area contributed by atoms with Gasteiger partial charge in [-0.15, -0.1) is 0 Å². The monoisotopic (exact) mass is 450 g/mol. The number of hydrogen-bond donors (Lipinski definition) is 1. The maximum atomic E-state index is 12.3. The molecule has 110 valence electrons. The van der Waals surface area contributed by atoms with E-state index in [2.05, 4.69) is 55.7 Å². The van der Waals surface area contributed by atoms with Crippen LogP contribution in [-0.4, -0.2) is 36.5 Å². The van der Waals surface area contributed by atoms with Gasteiger partial charge in [-0.1, -0.05) is 6.92 Å². The quantitative estimate of drug-likeness (QED) is 0.710. The lowest BCUT2D eigenvalue weighted by molar-refractivity contribution is 0.0910. The van der Waals surface area contributed by atoms with Crippen LogP contribution in [0.15, 0.2) is 22.7 Å². The van der Waals surface area contributed by atoms with Crippen LogP contribution in [0.4, 0.5) is 0 Å². The molecular weight excluding hydrogens is 431 g/mol. The fourth-order valence-corrected chi connectivity index (χ4v) is 3.47. The predicted molar refractivity (Wildman–Crippen MR) is 94.1 cm³/mol. The Balaban J connectivity index is 1.91. The van der Waals surface area contributed by atoms with Crippen molar-refractivity contribution in [2.45, 2.75) is 32.2 Å². The van der Waals surface area contributed by atoms with E-state index in [0.717, 1.165) is 39.5 Å². The van der Waals surface area contributed by atoms with Gasteiger partial charge in [0.25, 0.3) is 5.91 Å². The number of piperidine rings is 1. The van der Waals surface area contributed by atoms with Crippen LogP contribution in [0, 0.1) is 3.57 Å². The van der Waals surface area contributed by atoms with Crippen LogP contribution in [0.1, 0.15) is 36.5 Å². The first-order chi connectivity index (χ1) is 9.60. The summed E-state index contributed by atoms with van der Waals surface area (Å²) in [6.45, 7) is 5.56. The Morgan fingerprint density at radius 1 is 1.45 bits per heavy atom. The lowest BCUT2D eigenvalue weighted by Gasteiger charge is -2.32. The topological polar surface area (TPSA) is 32.3 Å². The van der Waals surface area contributed by atoms with Gasteiger partial charge in [-0.3, -0.25) is 4.79 Å². The van der Waals surface area contributed by atoms with Gasteiger partial charge in [0.15, 0.2) is 0 Å². The van der Waals surface area contributed by atoms with Gasteiger partial charge in [-0.05, 0) is 82.5 Å². The van der Waals surface area contributed by atoms with Crippen LogP contribution in [-0.2, 0) is 0 Å². The minimum Gasteiger partial charge on any atom is -0.349 e. The molecule has 1 amide bonds. The Morgan fingerprint density at radius 2 is 2.15 bits per heavy atom. The average molecular weight is 451 g/mol. The molecule has 0 spiro atoms. The minimum absolute atomic E-state index is 0.0318. The highest BCUT2D eigenvalue weighted by molar-refractivity contribution is 14.1. The van der Waals surface area contributed by atoms with Crippen LogP contribution >= 0.6 is 38.5 Å². The van der Waals surface area contributed by atoms with Crippen LogP contribution in [0.25, 0.3) is 0 Å². The maximum absolute atomic E-state index is 12.3. The third-order valence-corrected chi connectivity index (χ3v) is 5.00. The zero-order valence-electron chi connectivity index (χ0n) is 11.7. The first-order valence-electron chi connectivity index (χ1n) is 7.08. The van der Waals surface area contributed by atoms with Crippen LogP contribution in [0.5, 0.6) is 0 Å². The summed E-state index contributed by atoms with van der Waals surface area (Å²) in [4.78, 5) is 14.8. The molecule has 1 aromatic carbocycles. The van der Waals surface area contributed by atoms with E-state index in [-0.39, 0.29) is 5.91 Å². The summed E-state index contributed by atoms with van der Waals surface area (Å²) in [6, 6.07) is 6.15. The molecule has 1 saturated heterocycles. The molecule has 1 heterocycles. The third kappa shape index (κ3) is 4.43. The smallest absolute Gasteiger partial charge is 0.252 e. The lowest BCUT2D eigenvalue weighted by atomic mass is 10.0. The summed E-state index contributed by atoms with van der Waals surface area (Å²) >= 11 is 5.68. The largest absolute Gasteiger partial charge is 0.349 e. The Hall–Kier alpha value is -0.140. The number of rotatable bonds is 4. The van der Waals surface area contributed by atoms with Crippen LogP contribution in [0.2, 0.25) is 0 Å². The summed E-state index contributed by atoms with van der Waals surface area (Å²) in [7, 11) is 0. The van der Waals surface area contributed by atoms with Crippen molar-refractivity contribution in [3.8, 4) is 0 Å². The molecule has 1 aliphatic heterocycles. The molecular formula is C15H20BrIN2O. The second-order valence-electron chi connectivity index (χ2n) is 5.21. The normalized spacial score (nSPS) is 17.1. The summed E-state index contributed by atoms with van der Waals surface area (Å²) in [5, 5.41) is 3.17. The van der Waals surface area contributed by atoms with Crippen molar-refractivity contribution < 1.29 is 4.79 Å². The molecule has 0 atom stereocenters. The molecule has 1 N–H and O–H groups in total. The molecule has 0 radical (unpaired) electrons. The van der Waals surface area contributed by atoms with Crippen molar-refractivity contribution in [1.29, 1.82) is 0 Å². The van der Waals surface area contributed by atoms with E-state index in [1.165, 1.54) is 13.0 Å². The summed E-state index contributed by atoms with van der Waals surface area (Å²) in [6.07, 6.45) is 3.30. The molecule has 1 aromatic rings. The molecule has 1 fully saturated rings. The van der Waals surface area contributed by atoms with Crippen molar-refractivity contribution in [2.75, 3.05) is 19.6 Å². The fraction of sp³-hybridized carbons (Fsp3) is 0.533. The van der Waals surface area contributed by atoms with E-state index >= 15 is 0 Å². The van der Waals surface area contributed by atoms with E-state index in [9.17, 15) is 4.79 Å². The molecule has 20 heavy (non-hydrogen) atoms. The highest BCUT2D eigenvalue weighted by atomic mass is 127. The van der Waals surface area contributed by atoms with Crippen LogP contribution in [0.3, 0.4) is 0 Å². The Kier molecular flexibility index (Phi) is 6.29. The molecule has 0 saturated carbocycles.